The summed E-state index contributed by atoms with van der Waals surface area (Å²) >= 11 is 0. The first-order chi connectivity index (χ1) is 7.00. The first-order valence-electron chi connectivity index (χ1n) is 4.17. The number of aliphatic carboxylic acids is 1. The predicted molar refractivity (Wildman–Crippen MR) is 53.4 cm³/mol. The quantitative estimate of drug-likeness (QED) is 0.771. The van der Waals surface area contributed by atoms with Crippen molar-refractivity contribution in [1.82, 2.24) is 0 Å². The van der Waals surface area contributed by atoms with Crippen LogP contribution < -0.4 is 4.52 Å². The SMILES string of the molecule is CC(C(=O)O)[P+](=O)Oc1cccc(O)c1. The lowest BCUT2D eigenvalue weighted by Gasteiger charge is -1.96. The zero-order chi connectivity index (χ0) is 11.4. The second kappa shape index (κ2) is 4.75. The van der Waals surface area contributed by atoms with E-state index in [4.69, 9.17) is 14.7 Å². The van der Waals surface area contributed by atoms with E-state index in [-0.39, 0.29) is 11.5 Å². The molecule has 2 unspecified atom stereocenters. The van der Waals surface area contributed by atoms with Crippen LogP contribution in [0.1, 0.15) is 6.92 Å². The number of carboxylic acids is 1. The van der Waals surface area contributed by atoms with E-state index in [0.29, 0.717) is 0 Å². The van der Waals surface area contributed by atoms with Crippen molar-refractivity contribution in [3.8, 4) is 11.5 Å². The van der Waals surface area contributed by atoms with Crippen LogP contribution in [-0.2, 0) is 9.36 Å². The van der Waals surface area contributed by atoms with Gasteiger partial charge in [0.2, 0.25) is 0 Å². The van der Waals surface area contributed by atoms with Gasteiger partial charge in [-0.3, -0.25) is 4.52 Å². The van der Waals surface area contributed by atoms with Gasteiger partial charge in [0.05, 0.1) is 0 Å². The molecule has 15 heavy (non-hydrogen) atoms. The molecule has 1 aromatic rings. The maximum absolute atomic E-state index is 11.3. The smallest absolute Gasteiger partial charge is 0.508 e. The monoisotopic (exact) mass is 229 g/mol. The summed E-state index contributed by atoms with van der Waals surface area (Å²) in [4.78, 5) is 10.5. The first kappa shape index (κ1) is 11.5. The topological polar surface area (TPSA) is 83.8 Å². The van der Waals surface area contributed by atoms with Crippen LogP contribution in [0, 0.1) is 0 Å². The molecule has 80 valence electrons. The number of phenolic OH excluding ortho intramolecular Hbond substituents is 1. The largest absolute Gasteiger partial charge is 0.571 e. The number of hydrogen-bond donors (Lipinski definition) is 2. The highest BCUT2D eigenvalue weighted by Crippen LogP contribution is 2.33. The van der Waals surface area contributed by atoms with Gasteiger partial charge in [0.15, 0.2) is 5.75 Å². The van der Waals surface area contributed by atoms with Crippen molar-refractivity contribution in [3.63, 3.8) is 0 Å². The van der Waals surface area contributed by atoms with Crippen molar-refractivity contribution < 1.29 is 24.1 Å². The molecule has 1 aromatic carbocycles. The molecule has 1 rings (SSSR count). The number of aromatic hydroxyl groups is 1. The number of carboxylic acid groups (broad SMARTS) is 1. The Morgan fingerprint density at radius 3 is 2.73 bits per heavy atom. The zero-order valence-corrected chi connectivity index (χ0v) is 8.85. The van der Waals surface area contributed by atoms with Gasteiger partial charge >= 0.3 is 14.0 Å². The molecule has 0 aliphatic carbocycles. The molecule has 0 saturated heterocycles. The molecule has 5 nitrogen and oxygen atoms in total. The Hall–Kier alpha value is -1.61. The molecule has 0 fully saturated rings. The fourth-order valence-corrected chi connectivity index (χ4v) is 1.47. The Labute approximate surface area is 87.2 Å². The summed E-state index contributed by atoms with van der Waals surface area (Å²) in [5.74, 6) is -1.03. The van der Waals surface area contributed by atoms with Crippen molar-refractivity contribution in [2.45, 2.75) is 12.6 Å². The summed E-state index contributed by atoms with van der Waals surface area (Å²) in [5.41, 5.74) is -1.08. The van der Waals surface area contributed by atoms with Crippen LogP contribution in [0.25, 0.3) is 0 Å². The summed E-state index contributed by atoms with van der Waals surface area (Å²) in [5, 5.41) is 17.7. The lowest BCUT2D eigenvalue weighted by Crippen LogP contribution is -2.12. The van der Waals surface area contributed by atoms with Gasteiger partial charge in [0.1, 0.15) is 5.75 Å². The fourth-order valence-electron chi connectivity index (χ4n) is 0.813. The van der Waals surface area contributed by atoms with Crippen molar-refractivity contribution in [1.29, 1.82) is 0 Å². The average molecular weight is 229 g/mol. The van der Waals surface area contributed by atoms with E-state index in [1.807, 2.05) is 0 Å². The highest BCUT2D eigenvalue weighted by Gasteiger charge is 2.36. The van der Waals surface area contributed by atoms with Crippen molar-refractivity contribution in [2.24, 2.45) is 0 Å². The molecule has 0 aliphatic heterocycles. The van der Waals surface area contributed by atoms with Crippen LogP contribution in [0.15, 0.2) is 24.3 Å². The summed E-state index contributed by atoms with van der Waals surface area (Å²) in [6.07, 6.45) is 0. The van der Waals surface area contributed by atoms with E-state index in [0.717, 1.165) is 0 Å². The van der Waals surface area contributed by atoms with Crippen molar-refractivity contribution in [3.05, 3.63) is 24.3 Å². The minimum Gasteiger partial charge on any atom is -0.508 e. The molecular weight excluding hydrogens is 219 g/mol. The maximum atomic E-state index is 11.3. The molecule has 0 aliphatic rings. The number of hydrogen-bond acceptors (Lipinski definition) is 4. The number of rotatable bonds is 4. The van der Waals surface area contributed by atoms with Gasteiger partial charge in [-0.25, -0.2) is 4.79 Å². The summed E-state index contributed by atoms with van der Waals surface area (Å²) in [7, 11) is -2.33. The molecule has 2 N–H and O–H groups in total. The fraction of sp³-hybridized carbons (Fsp3) is 0.222. The maximum Gasteiger partial charge on any atom is 0.571 e. The van der Waals surface area contributed by atoms with E-state index in [1.165, 1.54) is 31.2 Å². The minimum absolute atomic E-state index is 0.0288. The molecule has 0 bridgehead atoms. The molecule has 0 amide bonds. The average Bonchev–Trinajstić information content (AvgIpc) is 2.16. The Morgan fingerprint density at radius 1 is 1.53 bits per heavy atom. The first-order valence-corrected chi connectivity index (χ1v) is 5.41. The molecule has 0 radical (unpaired) electrons. The second-order valence-corrected chi connectivity index (χ2v) is 4.42. The summed E-state index contributed by atoms with van der Waals surface area (Å²) in [6, 6.07) is 5.70. The van der Waals surface area contributed by atoms with E-state index < -0.39 is 19.7 Å². The molecule has 2 atom stereocenters. The van der Waals surface area contributed by atoms with Gasteiger partial charge in [0, 0.05) is 6.07 Å². The van der Waals surface area contributed by atoms with Crippen LogP contribution in [0.5, 0.6) is 11.5 Å². The highest BCUT2D eigenvalue weighted by molar-refractivity contribution is 7.41. The lowest BCUT2D eigenvalue weighted by molar-refractivity contribution is -0.136. The molecule has 0 heterocycles. The van der Waals surface area contributed by atoms with Gasteiger partial charge in [-0.2, -0.15) is 0 Å². The number of carbonyl (C=O) groups is 1. The Morgan fingerprint density at radius 2 is 2.20 bits per heavy atom. The summed E-state index contributed by atoms with van der Waals surface area (Å²) < 4.78 is 16.2. The molecule has 6 heteroatoms. The van der Waals surface area contributed by atoms with Crippen LogP contribution in [-0.4, -0.2) is 21.8 Å². The van der Waals surface area contributed by atoms with Gasteiger partial charge in [-0.05, 0) is 23.6 Å². The highest BCUT2D eigenvalue weighted by atomic mass is 31.1. The Kier molecular flexibility index (Phi) is 3.63. The van der Waals surface area contributed by atoms with Crippen molar-refractivity contribution in [2.75, 3.05) is 0 Å². The standard InChI is InChI=1S/C9H9O5P/c1-6(9(11)12)15(13)14-8-4-2-3-7(10)5-8/h2-6H,1H3,(H-,10,11,12)/p+1. The van der Waals surface area contributed by atoms with Gasteiger partial charge in [0.25, 0.3) is 5.66 Å². The van der Waals surface area contributed by atoms with E-state index in [9.17, 15) is 9.36 Å². The lowest BCUT2D eigenvalue weighted by atomic mass is 10.3. The number of benzene rings is 1. The Balaban J connectivity index is 2.70. The van der Waals surface area contributed by atoms with Crippen LogP contribution in [0.2, 0.25) is 0 Å². The van der Waals surface area contributed by atoms with Crippen LogP contribution >= 0.6 is 8.03 Å². The predicted octanol–water partition coefficient (Wildman–Crippen LogP) is 1.99. The number of phenols is 1. The van der Waals surface area contributed by atoms with Crippen LogP contribution in [0.3, 0.4) is 0 Å². The molecule has 0 spiro atoms. The molecular formula is C9H10O5P+. The minimum atomic E-state index is -2.33. The van der Waals surface area contributed by atoms with Crippen LogP contribution in [0.4, 0.5) is 0 Å². The summed E-state index contributed by atoms with van der Waals surface area (Å²) in [6.45, 7) is 1.30. The van der Waals surface area contributed by atoms with E-state index in [1.54, 1.807) is 0 Å². The zero-order valence-electron chi connectivity index (χ0n) is 7.95. The van der Waals surface area contributed by atoms with Gasteiger partial charge in [-0.1, -0.05) is 6.07 Å². The molecule has 0 saturated carbocycles. The normalized spacial score (nSPS) is 13.0. The third-order valence-corrected chi connectivity index (χ3v) is 2.93. The molecule has 0 aromatic heterocycles. The van der Waals surface area contributed by atoms with E-state index in [2.05, 4.69) is 0 Å². The van der Waals surface area contributed by atoms with Gasteiger partial charge in [-0.15, -0.1) is 0 Å². The van der Waals surface area contributed by atoms with Gasteiger partial charge < -0.3 is 10.2 Å². The third kappa shape index (κ3) is 3.22. The van der Waals surface area contributed by atoms with E-state index >= 15 is 0 Å². The second-order valence-electron chi connectivity index (χ2n) is 2.89. The van der Waals surface area contributed by atoms with Crippen molar-refractivity contribution >= 4 is 14.0 Å². The Bertz CT molecular complexity index is 390. The third-order valence-electron chi connectivity index (χ3n) is 1.69.